The van der Waals surface area contributed by atoms with Crippen LogP contribution in [0.25, 0.3) is 0 Å². The maximum absolute atomic E-state index is 6.70. The Labute approximate surface area is 32.1 Å². The average molecular weight is 73.1 g/mol. The second-order valence-electron chi connectivity index (χ2n) is 1.14. The van der Waals surface area contributed by atoms with Crippen LogP contribution in [0.2, 0.25) is 0 Å². The molecule has 0 aromatic carbocycles. The van der Waals surface area contributed by atoms with Gasteiger partial charge in [-0.15, -0.1) is 0 Å². The van der Waals surface area contributed by atoms with Crippen LogP contribution in [0.1, 0.15) is 6.92 Å². The minimum Gasteiger partial charge on any atom is -0.329 e. The number of nitrogens with two attached hydrogens (primary N) is 1. The molecule has 0 heterocycles. The summed E-state index contributed by atoms with van der Waals surface area (Å²) in [5.74, 6) is 0. The molecular weight excluding hydrogens is 64.0 g/mol. The van der Waals surface area contributed by atoms with Gasteiger partial charge in [0, 0.05) is 12.6 Å². The molecule has 0 amide bonds. The van der Waals surface area contributed by atoms with E-state index in [0.717, 1.165) is 0 Å². The van der Waals surface area contributed by atoms with Gasteiger partial charge < -0.3 is 5.73 Å². The molecule has 0 aliphatic carbocycles. The SMILES string of the molecule is CC([NH])CN. The lowest BCUT2D eigenvalue weighted by molar-refractivity contribution is 0.729. The largest absolute Gasteiger partial charge is 0.329 e. The first-order chi connectivity index (χ1) is 2.27. The van der Waals surface area contributed by atoms with Crippen LogP contribution in [0.5, 0.6) is 0 Å². The summed E-state index contributed by atoms with van der Waals surface area (Å²) in [4.78, 5) is 0. The molecule has 3 N–H and O–H groups in total. The number of hydrogen-bond acceptors (Lipinski definition) is 1. The predicted octanol–water partition coefficient (Wildman–Crippen LogP) is -0.384. The molecule has 0 bridgehead atoms. The third-order valence-corrected chi connectivity index (χ3v) is 0.354. The zero-order valence-corrected chi connectivity index (χ0v) is 3.36. The summed E-state index contributed by atoms with van der Waals surface area (Å²) in [6.45, 7) is 2.24. The quantitative estimate of drug-likeness (QED) is 0.451. The van der Waals surface area contributed by atoms with Gasteiger partial charge in [-0.25, -0.2) is 0 Å². The number of hydrogen-bond donors (Lipinski definition) is 1. The van der Waals surface area contributed by atoms with E-state index in [1.165, 1.54) is 0 Å². The molecule has 2 heteroatoms. The summed E-state index contributed by atoms with van der Waals surface area (Å²) in [6.07, 6.45) is 0. The van der Waals surface area contributed by atoms with Crippen LogP contribution in [-0.4, -0.2) is 12.6 Å². The van der Waals surface area contributed by atoms with Crippen LogP contribution in [0.15, 0.2) is 0 Å². The smallest absolute Gasteiger partial charge is 0.0307 e. The lowest BCUT2D eigenvalue weighted by Gasteiger charge is -1.90. The van der Waals surface area contributed by atoms with Crippen molar-refractivity contribution in [3.8, 4) is 0 Å². The molecule has 0 aliphatic rings. The lowest BCUT2D eigenvalue weighted by Crippen LogP contribution is -2.16. The molecule has 0 fully saturated rings. The van der Waals surface area contributed by atoms with Crippen molar-refractivity contribution in [3.05, 3.63) is 0 Å². The van der Waals surface area contributed by atoms with Gasteiger partial charge in [0.2, 0.25) is 0 Å². The first-order valence-corrected chi connectivity index (χ1v) is 1.68. The second kappa shape index (κ2) is 2.18. The Morgan fingerprint density at radius 2 is 2.20 bits per heavy atom. The van der Waals surface area contributed by atoms with E-state index in [1.807, 2.05) is 0 Å². The molecule has 0 spiro atoms. The molecule has 31 valence electrons. The van der Waals surface area contributed by atoms with Gasteiger partial charge in [0.05, 0.1) is 0 Å². The molecule has 0 saturated heterocycles. The second-order valence-corrected chi connectivity index (χ2v) is 1.14. The Hall–Kier alpha value is -0.0800. The van der Waals surface area contributed by atoms with Crippen molar-refractivity contribution in [2.75, 3.05) is 6.54 Å². The van der Waals surface area contributed by atoms with Gasteiger partial charge in [0.15, 0.2) is 0 Å². The van der Waals surface area contributed by atoms with Crippen molar-refractivity contribution in [1.82, 2.24) is 5.73 Å². The molecule has 0 aromatic rings. The fourth-order valence-electron chi connectivity index (χ4n) is 0. The zero-order valence-electron chi connectivity index (χ0n) is 3.36. The van der Waals surface area contributed by atoms with E-state index >= 15 is 0 Å². The van der Waals surface area contributed by atoms with E-state index in [1.54, 1.807) is 6.92 Å². The van der Waals surface area contributed by atoms with E-state index < -0.39 is 0 Å². The van der Waals surface area contributed by atoms with Crippen molar-refractivity contribution in [3.63, 3.8) is 0 Å². The molecule has 1 atom stereocenters. The number of rotatable bonds is 1. The summed E-state index contributed by atoms with van der Waals surface area (Å²) in [6, 6.07) is -0.0880. The predicted molar refractivity (Wildman–Crippen MR) is 21.6 cm³/mol. The highest BCUT2D eigenvalue weighted by Crippen LogP contribution is 1.63. The minimum atomic E-state index is -0.0880. The Bertz CT molecular complexity index is 18.9. The highest BCUT2D eigenvalue weighted by molar-refractivity contribution is 4.47. The summed E-state index contributed by atoms with van der Waals surface area (Å²) < 4.78 is 0. The van der Waals surface area contributed by atoms with Crippen LogP contribution >= 0.6 is 0 Å². The van der Waals surface area contributed by atoms with Crippen LogP contribution in [0.4, 0.5) is 0 Å². The van der Waals surface area contributed by atoms with Gasteiger partial charge in [-0.2, -0.15) is 0 Å². The van der Waals surface area contributed by atoms with Crippen molar-refractivity contribution >= 4 is 0 Å². The monoisotopic (exact) mass is 73.1 g/mol. The van der Waals surface area contributed by atoms with Crippen molar-refractivity contribution < 1.29 is 0 Å². The molecule has 0 aromatic heterocycles. The summed E-state index contributed by atoms with van der Waals surface area (Å²) in [5.41, 5.74) is 11.7. The molecule has 0 rings (SSSR count). The van der Waals surface area contributed by atoms with Gasteiger partial charge in [0.25, 0.3) is 0 Å². The third kappa shape index (κ3) is 3.92. The van der Waals surface area contributed by atoms with E-state index in [0.29, 0.717) is 6.54 Å². The maximum Gasteiger partial charge on any atom is 0.0307 e. The molecular formula is C3H9N2. The van der Waals surface area contributed by atoms with E-state index in [9.17, 15) is 0 Å². The van der Waals surface area contributed by atoms with Gasteiger partial charge in [0.1, 0.15) is 0 Å². The first-order valence-electron chi connectivity index (χ1n) is 1.68. The van der Waals surface area contributed by atoms with Gasteiger partial charge >= 0.3 is 0 Å². The van der Waals surface area contributed by atoms with Crippen LogP contribution in [0, 0.1) is 0 Å². The normalized spacial score (nSPS) is 15.0. The summed E-state index contributed by atoms with van der Waals surface area (Å²) in [7, 11) is 0. The van der Waals surface area contributed by atoms with Crippen molar-refractivity contribution in [2.24, 2.45) is 5.73 Å². The van der Waals surface area contributed by atoms with E-state index in [-0.39, 0.29) is 6.04 Å². The first kappa shape index (κ1) is 4.92. The fraction of sp³-hybridized carbons (Fsp3) is 1.00. The summed E-state index contributed by atoms with van der Waals surface area (Å²) >= 11 is 0. The van der Waals surface area contributed by atoms with E-state index in [2.05, 4.69) is 0 Å². The van der Waals surface area contributed by atoms with Gasteiger partial charge in [-0.3, -0.25) is 5.73 Å². The Morgan fingerprint density at radius 1 is 2.00 bits per heavy atom. The zero-order chi connectivity index (χ0) is 4.28. The molecule has 5 heavy (non-hydrogen) atoms. The molecule has 0 aliphatic heterocycles. The van der Waals surface area contributed by atoms with Crippen molar-refractivity contribution in [1.29, 1.82) is 0 Å². The standard InChI is InChI=1S/C3H9N2/c1-3(5)2-4/h3,5H,2,4H2,1H3. The maximum atomic E-state index is 6.70. The Balaban J connectivity index is 2.54. The molecule has 1 unspecified atom stereocenters. The number of nitrogens with one attached hydrogen (secondary N) is 1. The lowest BCUT2D eigenvalue weighted by atomic mass is 10.4. The highest BCUT2D eigenvalue weighted by atomic mass is 14.7. The summed E-state index contributed by atoms with van der Waals surface area (Å²) in [5, 5.41) is 0. The Morgan fingerprint density at radius 3 is 2.20 bits per heavy atom. The Kier molecular flexibility index (Phi) is 2.14. The minimum absolute atomic E-state index is 0.0880. The third-order valence-electron chi connectivity index (χ3n) is 0.354. The average Bonchev–Trinajstić information content (AvgIpc) is 1.38. The molecule has 2 nitrogen and oxygen atoms in total. The fourth-order valence-corrected chi connectivity index (χ4v) is 0. The van der Waals surface area contributed by atoms with Crippen LogP contribution in [-0.2, 0) is 0 Å². The van der Waals surface area contributed by atoms with Crippen LogP contribution in [0.3, 0.4) is 0 Å². The molecule has 0 saturated carbocycles. The van der Waals surface area contributed by atoms with E-state index in [4.69, 9.17) is 11.5 Å². The van der Waals surface area contributed by atoms with Crippen LogP contribution < -0.4 is 11.5 Å². The highest BCUT2D eigenvalue weighted by Gasteiger charge is 1.81. The van der Waals surface area contributed by atoms with Gasteiger partial charge in [-0.05, 0) is 6.92 Å². The topological polar surface area (TPSA) is 49.8 Å². The van der Waals surface area contributed by atoms with Crippen molar-refractivity contribution in [2.45, 2.75) is 13.0 Å². The van der Waals surface area contributed by atoms with Gasteiger partial charge in [-0.1, -0.05) is 0 Å². The molecule has 1 radical (unpaired) electrons.